The Kier molecular flexibility index (Phi) is 1.95. The molecule has 4 aliphatic carbocycles. The van der Waals surface area contributed by atoms with Gasteiger partial charge in [0.05, 0.1) is 5.60 Å². The molecule has 4 saturated carbocycles. The van der Waals surface area contributed by atoms with E-state index in [9.17, 15) is 9.90 Å². The summed E-state index contributed by atoms with van der Waals surface area (Å²) in [6.07, 6.45) is 4.14. The Bertz CT molecular complexity index is 341. The maximum atomic E-state index is 12.3. The summed E-state index contributed by atoms with van der Waals surface area (Å²) in [5, 5.41) is 11.1. The molecule has 0 aliphatic heterocycles. The minimum absolute atomic E-state index is 0.0660. The number of Topliss-reactive ketones (excluding diaryl/α,β-unsaturated/α-hetero) is 1. The van der Waals surface area contributed by atoms with E-state index < -0.39 is 5.60 Å². The predicted octanol–water partition coefficient (Wildman–Crippen LogP) is 2.40. The smallest absolute Gasteiger partial charge is 0.141 e. The maximum Gasteiger partial charge on any atom is 0.141 e. The van der Waals surface area contributed by atoms with Gasteiger partial charge in [-0.25, -0.2) is 0 Å². The van der Waals surface area contributed by atoms with Gasteiger partial charge in [-0.2, -0.15) is 0 Å². The Hall–Kier alpha value is -0.370. The second-order valence-electron chi connectivity index (χ2n) is 7.23. The first kappa shape index (κ1) is 10.8. The molecule has 2 heteroatoms. The van der Waals surface area contributed by atoms with Crippen molar-refractivity contribution in [2.45, 2.75) is 52.1 Å². The summed E-state index contributed by atoms with van der Waals surface area (Å²) in [6, 6.07) is 0. The first-order valence-electron chi connectivity index (χ1n) is 6.60. The number of aliphatic hydroxyl groups is 1. The molecule has 0 aromatic rings. The molecule has 90 valence electrons. The summed E-state index contributed by atoms with van der Waals surface area (Å²) in [5.74, 6) is 1.67. The minimum Gasteiger partial charge on any atom is -0.388 e. The van der Waals surface area contributed by atoms with Gasteiger partial charge in [-0.1, -0.05) is 20.8 Å². The van der Waals surface area contributed by atoms with Crippen LogP contribution in [-0.4, -0.2) is 16.5 Å². The molecule has 0 spiro atoms. The zero-order chi connectivity index (χ0) is 11.7. The standard InChI is InChI=1S/C14H22O2/c1-13(2,3)14(16)10-5-8-4-9(7-10)12(15)11(14)6-8/h8-11,16H,4-7H2,1-3H3/t8-,9+,10-,11+,14+/m0/s1. The van der Waals surface area contributed by atoms with Crippen LogP contribution in [0, 0.1) is 29.1 Å². The van der Waals surface area contributed by atoms with Gasteiger partial charge in [0.15, 0.2) is 0 Å². The minimum atomic E-state index is -0.739. The molecular weight excluding hydrogens is 200 g/mol. The zero-order valence-electron chi connectivity index (χ0n) is 10.5. The molecule has 1 N–H and O–H groups in total. The van der Waals surface area contributed by atoms with Gasteiger partial charge in [-0.3, -0.25) is 4.79 Å². The van der Waals surface area contributed by atoms with Gasteiger partial charge >= 0.3 is 0 Å². The molecule has 0 saturated heterocycles. The highest BCUT2D eigenvalue weighted by Gasteiger charge is 2.64. The summed E-state index contributed by atoms with van der Waals surface area (Å²) in [7, 11) is 0. The van der Waals surface area contributed by atoms with Gasteiger partial charge in [-0.05, 0) is 42.9 Å². The Morgan fingerprint density at radius 3 is 2.50 bits per heavy atom. The van der Waals surface area contributed by atoms with E-state index in [0.717, 1.165) is 25.7 Å². The lowest BCUT2D eigenvalue weighted by molar-refractivity contribution is -0.216. The second-order valence-corrected chi connectivity index (χ2v) is 7.23. The first-order chi connectivity index (χ1) is 7.34. The van der Waals surface area contributed by atoms with Gasteiger partial charge < -0.3 is 5.11 Å². The van der Waals surface area contributed by atoms with Crippen LogP contribution in [0.25, 0.3) is 0 Å². The van der Waals surface area contributed by atoms with Crippen LogP contribution >= 0.6 is 0 Å². The fourth-order valence-electron chi connectivity index (χ4n) is 4.77. The lowest BCUT2D eigenvalue weighted by Crippen LogP contribution is -2.67. The highest BCUT2D eigenvalue weighted by atomic mass is 16.3. The lowest BCUT2D eigenvalue weighted by Gasteiger charge is -2.62. The number of rotatable bonds is 0. The zero-order valence-corrected chi connectivity index (χ0v) is 10.5. The van der Waals surface area contributed by atoms with Gasteiger partial charge in [0.2, 0.25) is 0 Å². The van der Waals surface area contributed by atoms with Crippen LogP contribution < -0.4 is 0 Å². The summed E-state index contributed by atoms with van der Waals surface area (Å²) in [5.41, 5.74) is -0.914. The molecule has 0 radical (unpaired) electrons. The van der Waals surface area contributed by atoms with Gasteiger partial charge in [0.25, 0.3) is 0 Å². The van der Waals surface area contributed by atoms with E-state index in [1.54, 1.807) is 0 Å². The molecule has 0 aromatic carbocycles. The van der Waals surface area contributed by atoms with Crippen molar-refractivity contribution < 1.29 is 9.90 Å². The summed E-state index contributed by atoms with van der Waals surface area (Å²) < 4.78 is 0. The van der Waals surface area contributed by atoms with Gasteiger partial charge in [0, 0.05) is 11.8 Å². The number of hydrogen-bond donors (Lipinski definition) is 1. The molecule has 4 bridgehead atoms. The van der Waals surface area contributed by atoms with Crippen molar-refractivity contribution in [1.82, 2.24) is 0 Å². The van der Waals surface area contributed by atoms with E-state index in [1.165, 1.54) is 0 Å². The van der Waals surface area contributed by atoms with Crippen LogP contribution in [0.1, 0.15) is 46.5 Å². The van der Waals surface area contributed by atoms with Crippen LogP contribution in [0.2, 0.25) is 0 Å². The topological polar surface area (TPSA) is 37.3 Å². The molecule has 0 amide bonds. The number of ketones is 1. The summed E-state index contributed by atoms with van der Waals surface area (Å²) >= 11 is 0. The number of carbonyl (C=O) groups excluding carboxylic acids is 1. The van der Waals surface area contributed by atoms with Crippen LogP contribution in [0.3, 0.4) is 0 Å². The summed E-state index contributed by atoms with van der Waals surface area (Å²) in [4.78, 5) is 12.3. The fourth-order valence-corrected chi connectivity index (χ4v) is 4.77. The quantitative estimate of drug-likeness (QED) is 0.683. The van der Waals surface area contributed by atoms with Crippen molar-refractivity contribution in [2.75, 3.05) is 0 Å². The third-order valence-corrected chi connectivity index (χ3v) is 5.47. The van der Waals surface area contributed by atoms with E-state index in [4.69, 9.17) is 0 Å². The maximum absolute atomic E-state index is 12.3. The Labute approximate surface area is 97.4 Å². The molecule has 5 atom stereocenters. The third-order valence-electron chi connectivity index (χ3n) is 5.47. The highest BCUT2D eigenvalue weighted by Crippen LogP contribution is 2.61. The SMILES string of the molecule is CC(C)(C)[C@@]1(O)[C@H]2C[C@@H]3C[C@H](C2)C(=O)[C@H]1C3. The molecular formula is C14H22O2. The molecule has 0 aromatic heterocycles. The molecule has 0 heterocycles. The molecule has 2 nitrogen and oxygen atoms in total. The van der Waals surface area contributed by atoms with Crippen molar-refractivity contribution in [1.29, 1.82) is 0 Å². The number of hydrogen-bond acceptors (Lipinski definition) is 2. The van der Waals surface area contributed by atoms with E-state index >= 15 is 0 Å². The third kappa shape index (κ3) is 1.09. The van der Waals surface area contributed by atoms with Crippen LogP contribution in [0.4, 0.5) is 0 Å². The van der Waals surface area contributed by atoms with Crippen molar-refractivity contribution in [3.63, 3.8) is 0 Å². The average Bonchev–Trinajstić information content (AvgIpc) is 2.18. The van der Waals surface area contributed by atoms with Crippen molar-refractivity contribution in [2.24, 2.45) is 29.1 Å². The van der Waals surface area contributed by atoms with Crippen molar-refractivity contribution in [3.8, 4) is 0 Å². The molecule has 4 rings (SSSR count). The largest absolute Gasteiger partial charge is 0.388 e. The van der Waals surface area contributed by atoms with Crippen LogP contribution in [0.5, 0.6) is 0 Å². The fraction of sp³-hybridized carbons (Fsp3) is 0.929. The van der Waals surface area contributed by atoms with Crippen LogP contribution in [-0.2, 0) is 4.79 Å². The molecule has 4 fully saturated rings. The van der Waals surface area contributed by atoms with E-state index in [-0.39, 0.29) is 17.3 Å². The van der Waals surface area contributed by atoms with Gasteiger partial charge in [-0.15, -0.1) is 0 Å². The first-order valence-corrected chi connectivity index (χ1v) is 6.60. The van der Waals surface area contributed by atoms with Crippen molar-refractivity contribution in [3.05, 3.63) is 0 Å². The summed E-state index contributed by atoms with van der Waals surface area (Å²) in [6.45, 7) is 6.26. The van der Waals surface area contributed by atoms with Crippen molar-refractivity contribution >= 4 is 5.78 Å². The monoisotopic (exact) mass is 222 g/mol. The highest BCUT2D eigenvalue weighted by molar-refractivity contribution is 5.87. The second kappa shape index (κ2) is 2.90. The Morgan fingerprint density at radius 1 is 1.19 bits per heavy atom. The Morgan fingerprint density at radius 2 is 1.88 bits per heavy atom. The van der Waals surface area contributed by atoms with Crippen LogP contribution in [0.15, 0.2) is 0 Å². The number of carbonyl (C=O) groups is 1. The Balaban J connectivity index is 2.05. The van der Waals surface area contributed by atoms with E-state index in [1.807, 2.05) is 0 Å². The molecule has 16 heavy (non-hydrogen) atoms. The van der Waals surface area contributed by atoms with Gasteiger partial charge in [0.1, 0.15) is 5.78 Å². The normalized spacial score (nSPS) is 51.1. The van der Waals surface area contributed by atoms with E-state index in [2.05, 4.69) is 20.8 Å². The lowest BCUT2D eigenvalue weighted by atomic mass is 9.44. The van der Waals surface area contributed by atoms with E-state index in [0.29, 0.717) is 17.6 Å². The molecule has 0 unspecified atom stereocenters. The molecule has 4 aliphatic rings. The predicted molar refractivity (Wildman–Crippen MR) is 61.8 cm³/mol. The average molecular weight is 222 g/mol.